The molecule has 1 aromatic rings. The van der Waals surface area contributed by atoms with Gasteiger partial charge in [0.15, 0.2) is 0 Å². The van der Waals surface area contributed by atoms with Crippen molar-refractivity contribution in [2.24, 2.45) is 0 Å². The van der Waals surface area contributed by atoms with Gasteiger partial charge in [0.05, 0.1) is 0 Å². The van der Waals surface area contributed by atoms with Crippen molar-refractivity contribution in [1.29, 1.82) is 0 Å². The van der Waals surface area contributed by atoms with E-state index in [1.165, 1.54) is 22.3 Å². The molecule has 1 nitrogen and oxygen atoms in total. The van der Waals surface area contributed by atoms with Crippen LogP contribution in [-0.2, 0) is 6.42 Å². The molecule has 0 saturated heterocycles. The summed E-state index contributed by atoms with van der Waals surface area (Å²) in [4.78, 5) is 0. The molecular weight excluding hydrogens is 182 g/mol. The van der Waals surface area contributed by atoms with Crippen LogP contribution in [0.15, 0.2) is 30.4 Å². The maximum atomic E-state index is 4.01. The number of likely N-dealkylation sites (N-methyl/N-ethyl adjacent to an activating group) is 1. The molecule has 1 rings (SSSR count). The Morgan fingerprint density at radius 3 is 2.60 bits per heavy atom. The number of hydrogen-bond acceptors (Lipinski definition) is 1. The molecule has 0 aliphatic rings. The second kappa shape index (κ2) is 5.13. The van der Waals surface area contributed by atoms with Crippen LogP contribution in [0.1, 0.15) is 23.6 Å². The van der Waals surface area contributed by atoms with E-state index in [1.807, 2.05) is 7.05 Å². The van der Waals surface area contributed by atoms with Crippen molar-refractivity contribution < 1.29 is 0 Å². The number of rotatable bonds is 4. The van der Waals surface area contributed by atoms with Crippen molar-refractivity contribution in [3.8, 4) is 0 Å². The van der Waals surface area contributed by atoms with Crippen LogP contribution in [0, 0.1) is 13.8 Å². The fourth-order valence-corrected chi connectivity index (χ4v) is 1.76. The van der Waals surface area contributed by atoms with E-state index >= 15 is 0 Å². The predicted octanol–water partition coefficient (Wildman–Crippen LogP) is 3.01. The Labute approximate surface area is 93.2 Å². The van der Waals surface area contributed by atoms with Crippen molar-refractivity contribution in [2.45, 2.75) is 33.2 Å². The molecule has 0 aliphatic carbocycles. The summed E-state index contributed by atoms with van der Waals surface area (Å²) in [5.74, 6) is 0. The zero-order chi connectivity index (χ0) is 11.4. The third kappa shape index (κ3) is 3.21. The van der Waals surface area contributed by atoms with Gasteiger partial charge >= 0.3 is 0 Å². The normalized spacial score (nSPS) is 12.5. The first-order valence-corrected chi connectivity index (χ1v) is 5.43. The minimum absolute atomic E-state index is 0.380. The summed E-state index contributed by atoms with van der Waals surface area (Å²) in [5, 5.41) is 3.30. The lowest BCUT2D eigenvalue weighted by atomic mass is 9.96. The van der Waals surface area contributed by atoms with Crippen LogP contribution in [0.2, 0.25) is 0 Å². The topological polar surface area (TPSA) is 12.0 Å². The molecule has 0 amide bonds. The van der Waals surface area contributed by atoms with Gasteiger partial charge < -0.3 is 5.32 Å². The van der Waals surface area contributed by atoms with E-state index in [2.05, 4.69) is 50.9 Å². The lowest BCUT2D eigenvalue weighted by molar-refractivity contribution is 0.632. The molecule has 0 spiro atoms. The van der Waals surface area contributed by atoms with Crippen LogP contribution in [0.3, 0.4) is 0 Å². The van der Waals surface area contributed by atoms with Crippen LogP contribution in [-0.4, -0.2) is 13.1 Å². The highest BCUT2D eigenvalue weighted by Crippen LogP contribution is 2.15. The Morgan fingerprint density at radius 2 is 2.07 bits per heavy atom. The van der Waals surface area contributed by atoms with Gasteiger partial charge in [0.2, 0.25) is 0 Å². The zero-order valence-electron chi connectivity index (χ0n) is 10.2. The van der Waals surface area contributed by atoms with Crippen LogP contribution in [0.4, 0.5) is 0 Å². The monoisotopic (exact) mass is 203 g/mol. The van der Waals surface area contributed by atoms with E-state index in [4.69, 9.17) is 0 Å². The molecular formula is C14H21N. The lowest BCUT2D eigenvalue weighted by Gasteiger charge is -2.17. The van der Waals surface area contributed by atoms with Crippen LogP contribution in [0.25, 0.3) is 0 Å². The molecule has 0 bridgehead atoms. The summed E-state index contributed by atoms with van der Waals surface area (Å²) in [7, 11) is 1.99. The van der Waals surface area contributed by atoms with Crippen molar-refractivity contribution >= 4 is 0 Å². The Balaban J connectivity index is 2.87. The van der Waals surface area contributed by atoms with Gasteiger partial charge in [-0.05, 0) is 45.4 Å². The predicted molar refractivity (Wildman–Crippen MR) is 67.3 cm³/mol. The molecule has 1 heteroatoms. The van der Waals surface area contributed by atoms with E-state index in [1.54, 1.807) is 0 Å². The first kappa shape index (κ1) is 12.0. The summed E-state index contributed by atoms with van der Waals surface area (Å²) in [6.07, 6.45) is 1.03. The Bertz CT molecular complexity index is 352. The highest BCUT2D eigenvalue weighted by Gasteiger charge is 2.09. The zero-order valence-corrected chi connectivity index (χ0v) is 10.2. The molecule has 0 saturated carbocycles. The third-order valence-electron chi connectivity index (χ3n) is 2.87. The van der Waals surface area contributed by atoms with Crippen LogP contribution >= 0.6 is 0 Å². The molecule has 1 unspecified atom stereocenters. The molecule has 0 aliphatic heterocycles. The molecule has 1 N–H and O–H groups in total. The maximum absolute atomic E-state index is 4.01. The molecule has 0 fully saturated rings. The van der Waals surface area contributed by atoms with Crippen LogP contribution in [0.5, 0.6) is 0 Å². The Kier molecular flexibility index (Phi) is 4.10. The highest BCUT2D eigenvalue weighted by molar-refractivity contribution is 5.32. The van der Waals surface area contributed by atoms with E-state index in [-0.39, 0.29) is 0 Å². The van der Waals surface area contributed by atoms with Gasteiger partial charge in [-0.1, -0.05) is 35.9 Å². The number of hydrogen-bond donors (Lipinski definition) is 1. The first-order chi connectivity index (χ1) is 7.04. The van der Waals surface area contributed by atoms with E-state index in [0.717, 1.165) is 6.42 Å². The average Bonchev–Trinajstić information content (AvgIpc) is 2.18. The van der Waals surface area contributed by atoms with Crippen LogP contribution < -0.4 is 5.32 Å². The summed E-state index contributed by atoms with van der Waals surface area (Å²) in [5.41, 5.74) is 5.30. The molecule has 82 valence electrons. The lowest BCUT2D eigenvalue weighted by Crippen LogP contribution is -2.28. The molecule has 0 aromatic heterocycles. The first-order valence-electron chi connectivity index (χ1n) is 5.43. The van der Waals surface area contributed by atoms with Gasteiger partial charge in [-0.2, -0.15) is 0 Å². The van der Waals surface area contributed by atoms with E-state index in [9.17, 15) is 0 Å². The summed E-state index contributed by atoms with van der Waals surface area (Å²) < 4.78 is 0. The van der Waals surface area contributed by atoms with Gasteiger partial charge in [0.1, 0.15) is 0 Å². The minimum atomic E-state index is 0.380. The van der Waals surface area contributed by atoms with Crippen molar-refractivity contribution in [1.82, 2.24) is 5.32 Å². The number of benzene rings is 1. The highest BCUT2D eigenvalue weighted by atomic mass is 14.9. The Morgan fingerprint density at radius 1 is 1.40 bits per heavy atom. The standard InChI is InChI=1S/C14H21N/c1-10(2)14(15-5)9-13-8-11(3)6-7-12(13)4/h6-8,14-15H,1,9H2,2-5H3. The molecule has 15 heavy (non-hydrogen) atoms. The summed E-state index contributed by atoms with van der Waals surface area (Å²) in [6, 6.07) is 7.00. The van der Waals surface area contributed by atoms with Gasteiger partial charge in [-0.3, -0.25) is 0 Å². The molecule has 1 atom stereocenters. The van der Waals surface area contributed by atoms with Gasteiger partial charge in [-0.25, -0.2) is 0 Å². The molecule has 0 radical (unpaired) electrons. The quantitative estimate of drug-likeness (QED) is 0.742. The largest absolute Gasteiger partial charge is 0.313 e. The second-order valence-electron chi connectivity index (χ2n) is 4.32. The SMILES string of the molecule is C=C(C)C(Cc1cc(C)ccc1C)NC. The van der Waals surface area contributed by atoms with Crippen molar-refractivity contribution in [2.75, 3.05) is 7.05 Å². The minimum Gasteiger partial charge on any atom is -0.313 e. The van der Waals surface area contributed by atoms with Crippen molar-refractivity contribution in [3.63, 3.8) is 0 Å². The van der Waals surface area contributed by atoms with E-state index < -0.39 is 0 Å². The number of nitrogens with one attached hydrogen (secondary N) is 1. The summed E-state index contributed by atoms with van der Waals surface area (Å²) in [6.45, 7) is 10.4. The molecule has 0 heterocycles. The third-order valence-corrected chi connectivity index (χ3v) is 2.87. The van der Waals surface area contributed by atoms with Crippen molar-refractivity contribution in [3.05, 3.63) is 47.0 Å². The fraction of sp³-hybridized carbons (Fsp3) is 0.429. The fourth-order valence-electron chi connectivity index (χ4n) is 1.76. The average molecular weight is 203 g/mol. The van der Waals surface area contributed by atoms with Gasteiger partial charge in [0.25, 0.3) is 0 Å². The van der Waals surface area contributed by atoms with E-state index in [0.29, 0.717) is 6.04 Å². The smallest absolute Gasteiger partial charge is 0.0312 e. The Hall–Kier alpha value is -1.08. The second-order valence-corrected chi connectivity index (χ2v) is 4.32. The number of aryl methyl sites for hydroxylation is 2. The summed E-state index contributed by atoms with van der Waals surface area (Å²) >= 11 is 0. The van der Waals surface area contributed by atoms with Gasteiger partial charge in [-0.15, -0.1) is 0 Å². The maximum Gasteiger partial charge on any atom is 0.0312 e. The molecule has 1 aromatic carbocycles. The van der Waals surface area contributed by atoms with Gasteiger partial charge in [0, 0.05) is 6.04 Å².